The molecule has 7 nitrogen and oxygen atoms in total. The third kappa shape index (κ3) is 4.38. The highest BCUT2D eigenvalue weighted by atomic mass is 35.5. The van der Waals surface area contributed by atoms with Crippen molar-refractivity contribution in [1.29, 1.82) is 0 Å². The van der Waals surface area contributed by atoms with Gasteiger partial charge in [-0.3, -0.25) is 14.9 Å². The molecule has 0 aliphatic carbocycles. The molecule has 0 aromatic heterocycles. The Morgan fingerprint density at radius 1 is 1.47 bits per heavy atom. The molecule has 0 saturated heterocycles. The van der Waals surface area contributed by atoms with Crippen LogP contribution in [-0.2, 0) is 0 Å². The predicted molar refractivity (Wildman–Crippen MR) is 75.4 cm³/mol. The molecule has 0 bridgehead atoms. The van der Waals surface area contributed by atoms with Crippen molar-refractivity contribution in [3.05, 3.63) is 33.9 Å². The Bertz CT molecular complexity index is 491. The first-order valence-electron chi connectivity index (χ1n) is 5.33. The van der Waals surface area contributed by atoms with E-state index in [2.05, 4.69) is 5.32 Å². The molecule has 5 N–H and O–H groups in total. The molecule has 0 radical (unpaired) electrons. The number of amides is 1. The van der Waals surface area contributed by atoms with E-state index in [4.69, 9.17) is 11.5 Å². The first-order valence-corrected chi connectivity index (χ1v) is 5.33. The highest BCUT2D eigenvalue weighted by molar-refractivity contribution is 6.00. The van der Waals surface area contributed by atoms with Gasteiger partial charge in [-0.05, 0) is 19.9 Å². The standard InChI is InChI=1S/C11H16N4O3.ClH/c1-11(2,6-12)14-10(16)8-5-7(15(17)18)3-4-9(8)13;/h3-5H,6,12-13H2,1-2H3,(H,14,16);1H. The smallest absolute Gasteiger partial charge is 0.270 e. The van der Waals surface area contributed by atoms with E-state index in [1.807, 2.05) is 0 Å². The van der Waals surface area contributed by atoms with Crippen LogP contribution in [0.4, 0.5) is 11.4 Å². The molecule has 0 aliphatic rings. The van der Waals surface area contributed by atoms with Gasteiger partial charge in [-0.2, -0.15) is 0 Å². The number of non-ortho nitro benzene ring substituents is 1. The van der Waals surface area contributed by atoms with Crippen LogP contribution in [0, 0.1) is 10.1 Å². The fourth-order valence-corrected chi connectivity index (χ4v) is 1.28. The molecule has 0 heterocycles. The van der Waals surface area contributed by atoms with Crippen molar-refractivity contribution < 1.29 is 9.72 Å². The number of nitrogens with zero attached hydrogens (tertiary/aromatic N) is 1. The summed E-state index contributed by atoms with van der Waals surface area (Å²) in [7, 11) is 0. The largest absolute Gasteiger partial charge is 0.398 e. The van der Waals surface area contributed by atoms with Gasteiger partial charge in [0.2, 0.25) is 0 Å². The zero-order valence-electron chi connectivity index (χ0n) is 10.7. The van der Waals surface area contributed by atoms with Crippen molar-refractivity contribution >= 4 is 29.7 Å². The van der Waals surface area contributed by atoms with E-state index in [1.165, 1.54) is 12.1 Å². The Morgan fingerprint density at radius 3 is 2.53 bits per heavy atom. The number of nitrogen functional groups attached to an aromatic ring is 1. The van der Waals surface area contributed by atoms with Crippen molar-refractivity contribution in [2.75, 3.05) is 12.3 Å². The van der Waals surface area contributed by atoms with Crippen LogP contribution in [0.15, 0.2) is 18.2 Å². The van der Waals surface area contributed by atoms with Crippen LogP contribution in [0.2, 0.25) is 0 Å². The number of hydrogen-bond acceptors (Lipinski definition) is 5. The van der Waals surface area contributed by atoms with Gasteiger partial charge in [0, 0.05) is 29.9 Å². The molecular weight excluding hydrogens is 272 g/mol. The van der Waals surface area contributed by atoms with E-state index in [-0.39, 0.29) is 35.9 Å². The number of halogens is 1. The topological polar surface area (TPSA) is 124 Å². The SMILES string of the molecule is CC(C)(CN)NC(=O)c1cc([N+](=O)[O-])ccc1N.Cl. The Morgan fingerprint density at radius 2 is 2.05 bits per heavy atom. The second-order valence-corrected chi connectivity index (χ2v) is 4.57. The minimum Gasteiger partial charge on any atom is -0.398 e. The van der Waals surface area contributed by atoms with Crippen molar-refractivity contribution in [3.63, 3.8) is 0 Å². The minimum atomic E-state index is -0.603. The summed E-state index contributed by atoms with van der Waals surface area (Å²) in [6, 6.07) is 3.74. The van der Waals surface area contributed by atoms with Crippen molar-refractivity contribution in [2.24, 2.45) is 5.73 Å². The van der Waals surface area contributed by atoms with Gasteiger partial charge in [0.15, 0.2) is 0 Å². The Balaban J connectivity index is 0.00000324. The molecule has 0 unspecified atom stereocenters. The molecule has 0 fully saturated rings. The molecular formula is C11H17ClN4O3. The van der Waals surface area contributed by atoms with Gasteiger partial charge in [0.05, 0.1) is 10.5 Å². The number of rotatable bonds is 4. The van der Waals surface area contributed by atoms with Crippen LogP contribution in [0.3, 0.4) is 0 Å². The number of anilines is 1. The Kier molecular flexibility index (Phi) is 5.73. The number of nitrogens with two attached hydrogens (primary N) is 2. The summed E-state index contributed by atoms with van der Waals surface area (Å²) in [6.07, 6.45) is 0. The van der Waals surface area contributed by atoms with Gasteiger partial charge in [0.25, 0.3) is 11.6 Å². The minimum absolute atomic E-state index is 0. The van der Waals surface area contributed by atoms with Gasteiger partial charge in [0.1, 0.15) is 0 Å². The van der Waals surface area contributed by atoms with E-state index < -0.39 is 16.4 Å². The molecule has 1 rings (SSSR count). The number of carbonyl (C=O) groups is 1. The summed E-state index contributed by atoms with van der Waals surface area (Å²) in [4.78, 5) is 22.0. The number of hydrogen-bond donors (Lipinski definition) is 3. The van der Waals surface area contributed by atoms with Crippen LogP contribution in [0.5, 0.6) is 0 Å². The molecule has 1 aromatic carbocycles. The van der Waals surface area contributed by atoms with Crippen LogP contribution in [0.25, 0.3) is 0 Å². The van der Waals surface area contributed by atoms with E-state index in [9.17, 15) is 14.9 Å². The van der Waals surface area contributed by atoms with Crippen LogP contribution in [0.1, 0.15) is 24.2 Å². The number of nitrogens with one attached hydrogen (secondary N) is 1. The fourth-order valence-electron chi connectivity index (χ4n) is 1.28. The first-order chi connectivity index (χ1) is 8.26. The molecule has 0 saturated carbocycles. The zero-order chi connectivity index (χ0) is 13.9. The van der Waals surface area contributed by atoms with Gasteiger partial charge in [-0.15, -0.1) is 12.4 Å². The van der Waals surface area contributed by atoms with E-state index in [0.29, 0.717) is 0 Å². The maximum Gasteiger partial charge on any atom is 0.270 e. The summed E-state index contributed by atoms with van der Waals surface area (Å²) in [6.45, 7) is 3.74. The molecule has 1 amide bonds. The second kappa shape index (κ2) is 6.35. The molecule has 0 aliphatic heterocycles. The third-order valence-corrected chi connectivity index (χ3v) is 2.45. The van der Waals surface area contributed by atoms with Crippen molar-refractivity contribution in [2.45, 2.75) is 19.4 Å². The molecule has 106 valence electrons. The van der Waals surface area contributed by atoms with Gasteiger partial charge < -0.3 is 16.8 Å². The monoisotopic (exact) mass is 288 g/mol. The Labute approximate surface area is 116 Å². The van der Waals surface area contributed by atoms with Crippen LogP contribution >= 0.6 is 12.4 Å². The van der Waals surface area contributed by atoms with Crippen molar-refractivity contribution in [1.82, 2.24) is 5.32 Å². The lowest BCUT2D eigenvalue weighted by Crippen LogP contribution is -2.49. The quantitative estimate of drug-likeness (QED) is 0.434. The van der Waals surface area contributed by atoms with Crippen molar-refractivity contribution in [3.8, 4) is 0 Å². The normalized spacial score (nSPS) is 10.5. The summed E-state index contributed by atoms with van der Waals surface area (Å²) < 4.78 is 0. The van der Waals surface area contributed by atoms with Crippen LogP contribution in [-0.4, -0.2) is 22.9 Å². The fraction of sp³-hybridized carbons (Fsp3) is 0.364. The molecule has 8 heteroatoms. The Hall–Kier alpha value is -1.86. The average molecular weight is 289 g/mol. The lowest BCUT2D eigenvalue weighted by molar-refractivity contribution is -0.384. The molecule has 1 aromatic rings. The maximum absolute atomic E-state index is 11.9. The summed E-state index contributed by atoms with van der Waals surface area (Å²) in [5.74, 6) is -0.480. The summed E-state index contributed by atoms with van der Waals surface area (Å²) in [5.41, 5.74) is 10.6. The number of nitro groups is 1. The van der Waals surface area contributed by atoms with Gasteiger partial charge in [-0.1, -0.05) is 0 Å². The number of nitro benzene ring substituents is 1. The lowest BCUT2D eigenvalue weighted by Gasteiger charge is -2.24. The maximum atomic E-state index is 11.9. The average Bonchev–Trinajstić information content (AvgIpc) is 2.28. The summed E-state index contributed by atoms with van der Waals surface area (Å²) in [5, 5.41) is 13.3. The van der Waals surface area contributed by atoms with Crippen LogP contribution < -0.4 is 16.8 Å². The highest BCUT2D eigenvalue weighted by Gasteiger charge is 2.22. The zero-order valence-corrected chi connectivity index (χ0v) is 11.5. The number of benzene rings is 1. The van der Waals surface area contributed by atoms with Gasteiger partial charge >= 0.3 is 0 Å². The lowest BCUT2D eigenvalue weighted by atomic mass is 10.0. The molecule has 0 atom stereocenters. The third-order valence-electron chi connectivity index (χ3n) is 2.45. The highest BCUT2D eigenvalue weighted by Crippen LogP contribution is 2.20. The van der Waals surface area contributed by atoms with E-state index in [0.717, 1.165) is 6.07 Å². The molecule has 19 heavy (non-hydrogen) atoms. The van der Waals surface area contributed by atoms with E-state index >= 15 is 0 Å². The van der Waals surface area contributed by atoms with Gasteiger partial charge in [-0.25, -0.2) is 0 Å². The predicted octanol–water partition coefficient (Wildman–Crippen LogP) is 1.07. The summed E-state index contributed by atoms with van der Waals surface area (Å²) >= 11 is 0. The number of carbonyl (C=O) groups excluding carboxylic acids is 1. The second-order valence-electron chi connectivity index (χ2n) is 4.57. The van der Waals surface area contributed by atoms with E-state index in [1.54, 1.807) is 13.8 Å². The first kappa shape index (κ1) is 17.1. The molecule has 0 spiro atoms.